The van der Waals surface area contributed by atoms with Gasteiger partial charge in [0, 0.05) is 38.3 Å². The van der Waals surface area contributed by atoms with E-state index in [-0.39, 0.29) is 18.4 Å². The first-order valence-electron chi connectivity index (χ1n) is 7.09. The first kappa shape index (κ1) is 16.0. The van der Waals surface area contributed by atoms with Crippen LogP contribution in [0.15, 0.2) is 24.3 Å². The van der Waals surface area contributed by atoms with Crippen molar-refractivity contribution in [1.82, 2.24) is 9.80 Å². The lowest BCUT2D eigenvalue weighted by Gasteiger charge is -2.20. The van der Waals surface area contributed by atoms with E-state index in [4.69, 9.17) is 0 Å². The molecule has 1 aromatic rings. The molecule has 2 rings (SSSR count). The number of carbonyl (C=O) groups is 3. The van der Waals surface area contributed by atoms with Crippen molar-refractivity contribution < 1.29 is 19.5 Å². The van der Waals surface area contributed by atoms with Gasteiger partial charge in [-0.05, 0) is 31.5 Å². The van der Waals surface area contributed by atoms with E-state index in [1.165, 1.54) is 9.80 Å². The molecule has 0 spiro atoms. The summed E-state index contributed by atoms with van der Waals surface area (Å²) < 4.78 is 0. The van der Waals surface area contributed by atoms with Gasteiger partial charge in [-0.3, -0.25) is 14.4 Å². The second-order valence-electron chi connectivity index (χ2n) is 6.12. The fourth-order valence-electron chi connectivity index (χ4n) is 2.54. The summed E-state index contributed by atoms with van der Waals surface area (Å²) in [4.78, 5) is 38.7. The zero-order valence-electron chi connectivity index (χ0n) is 13.0. The zero-order valence-corrected chi connectivity index (χ0v) is 13.0. The molecule has 0 bridgehead atoms. The minimum absolute atomic E-state index is 0.175. The van der Waals surface area contributed by atoms with Gasteiger partial charge in [-0.25, -0.2) is 0 Å². The third-order valence-electron chi connectivity index (χ3n) is 4.04. The van der Waals surface area contributed by atoms with Crippen molar-refractivity contribution in [3.05, 3.63) is 35.4 Å². The summed E-state index contributed by atoms with van der Waals surface area (Å²) in [6, 6.07) is 6.52. The van der Waals surface area contributed by atoms with Crippen LogP contribution in [-0.2, 0) is 4.79 Å². The molecule has 0 aliphatic carbocycles. The van der Waals surface area contributed by atoms with Crippen LogP contribution in [0.2, 0.25) is 0 Å². The van der Waals surface area contributed by atoms with Crippen molar-refractivity contribution in [2.75, 3.05) is 27.2 Å². The maximum atomic E-state index is 12.5. The maximum Gasteiger partial charge on any atom is 0.311 e. The number of amides is 2. The highest BCUT2D eigenvalue weighted by Gasteiger charge is 2.42. The Morgan fingerprint density at radius 3 is 2.41 bits per heavy atom. The Morgan fingerprint density at radius 1 is 1.23 bits per heavy atom. The van der Waals surface area contributed by atoms with Crippen LogP contribution in [0.4, 0.5) is 0 Å². The molecule has 0 radical (unpaired) electrons. The van der Waals surface area contributed by atoms with Crippen LogP contribution < -0.4 is 0 Å². The summed E-state index contributed by atoms with van der Waals surface area (Å²) in [5, 5.41) is 9.23. The van der Waals surface area contributed by atoms with E-state index in [1.54, 1.807) is 45.3 Å². The molecule has 6 nitrogen and oxygen atoms in total. The van der Waals surface area contributed by atoms with Gasteiger partial charge in [-0.2, -0.15) is 0 Å². The minimum atomic E-state index is -0.896. The lowest BCUT2D eigenvalue weighted by molar-refractivity contribution is -0.147. The Kier molecular flexibility index (Phi) is 4.21. The number of carboxylic acid groups (broad SMARTS) is 1. The first-order chi connectivity index (χ1) is 10.2. The molecule has 1 fully saturated rings. The lowest BCUT2D eigenvalue weighted by Crippen LogP contribution is -2.35. The van der Waals surface area contributed by atoms with Gasteiger partial charge < -0.3 is 14.9 Å². The second-order valence-corrected chi connectivity index (χ2v) is 6.12. The Labute approximate surface area is 129 Å². The van der Waals surface area contributed by atoms with Gasteiger partial charge in [0.05, 0.1) is 5.41 Å². The number of nitrogens with zero attached hydrogens (tertiary/aromatic N) is 2. The average Bonchev–Trinajstić information content (AvgIpc) is 2.89. The van der Waals surface area contributed by atoms with Gasteiger partial charge in [0.15, 0.2) is 0 Å². The van der Waals surface area contributed by atoms with E-state index in [0.717, 1.165) is 0 Å². The normalized spacial score (nSPS) is 20.8. The topological polar surface area (TPSA) is 77.9 Å². The van der Waals surface area contributed by atoms with Crippen LogP contribution >= 0.6 is 0 Å². The summed E-state index contributed by atoms with van der Waals surface area (Å²) in [5.74, 6) is -1.30. The third kappa shape index (κ3) is 2.95. The van der Waals surface area contributed by atoms with Gasteiger partial charge in [0.1, 0.15) is 0 Å². The molecular weight excluding hydrogens is 284 g/mol. The molecule has 1 saturated heterocycles. The molecule has 1 N–H and O–H groups in total. The smallest absolute Gasteiger partial charge is 0.311 e. The molecular formula is C16H20N2O4. The van der Waals surface area contributed by atoms with Crippen LogP contribution in [-0.4, -0.2) is 59.9 Å². The van der Waals surface area contributed by atoms with E-state index in [9.17, 15) is 19.5 Å². The number of carboxylic acids is 1. The van der Waals surface area contributed by atoms with Gasteiger partial charge in [0.25, 0.3) is 11.8 Å². The highest BCUT2D eigenvalue weighted by molar-refractivity contribution is 5.99. The Hall–Kier alpha value is -2.37. The average molecular weight is 304 g/mol. The van der Waals surface area contributed by atoms with Crippen LogP contribution in [0, 0.1) is 5.41 Å². The molecule has 1 heterocycles. The largest absolute Gasteiger partial charge is 0.481 e. The standard InChI is InChI=1S/C16H20N2O4/c1-16(15(21)22)7-8-18(10-16)14(20)12-6-4-5-11(9-12)13(19)17(2)3/h4-6,9H,7-8,10H2,1-3H3,(H,21,22). The molecule has 1 aliphatic heterocycles. The monoisotopic (exact) mass is 304 g/mol. The van der Waals surface area contributed by atoms with E-state index in [0.29, 0.717) is 24.1 Å². The van der Waals surface area contributed by atoms with Crippen molar-refractivity contribution in [2.24, 2.45) is 5.41 Å². The van der Waals surface area contributed by atoms with Crippen LogP contribution in [0.25, 0.3) is 0 Å². The molecule has 118 valence electrons. The van der Waals surface area contributed by atoms with E-state index < -0.39 is 11.4 Å². The zero-order chi connectivity index (χ0) is 16.5. The molecule has 1 aromatic carbocycles. The third-order valence-corrected chi connectivity index (χ3v) is 4.04. The lowest BCUT2D eigenvalue weighted by atomic mass is 9.90. The Morgan fingerprint density at radius 2 is 1.86 bits per heavy atom. The molecule has 0 aromatic heterocycles. The molecule has 1 aliphatic rings. The minimum Gasteiger partial charge on any atom is -0.481 e. The summed E-state index contributed by atoms with van der Waals surface area (Å²) in [6.45, 7) is 2.25. The van der Waals surface area contributed by atoms with Crippen LogP contribution in [0.5, 0.6) is 0 Å². The quantitative estimate of drug-likeness (QED) is 0.913. The Balaban J connectivity index is 2.19. The Bertz CT molecular complexity index is 626. The number of benzene rings is 1. The SMILES string of the molecule is CN(C)C(=O)c1cccc(C(=O)N2CCC(C)(C(=O)O)C2)c1. The van der Waals surface area contributed by atoms with Crippen LogP contribution in [0.1, 0.15) is 34.1 Å². The molecule has 1 unspecified atom stereocenters. The van der Waals surface area contributed by atoms with Gasteiger partial charge in [-0.15, -0.1) is 0 Å². The molecule has 22 heavy (non-hydrogen) atoms. The molecule has 0 saturated carbocycles. The summed E-state index contributed by atoms with van der Waals surface area (Å²) in [6.07, 6.45) is 0.435. The first-order valence-corrected chi connectivity index (χ1v) is 7.09. The van der Waals surface area contributed by atoms with Crippen molar-refractivity contribution in [1.29, 1.82) is 0 Å². The summed E-state index contributed by atoms with van der Waals surface area (Å²) >= 11 is 0. The van der Waals surface area contributed by atoms with Crippen molar-refractivity contribution in [3.8, 4) is 0 Å². The number of aliphatic carboxylic acids is 1. The molecule has 1 atom stereocenters. The number of rotatable bonds is 3. The number of hydrogen-bond acceptors (Lipinski definition) is 3. The summed E-state index contributed by atoms with van der Waals surface area (Å²) in [5.41, 5.74) is -0.0504. The highest BCUT2D eigenvalue weighted by atomic mass is 16.4. The number of likely N-dealkylation sites (tertiary alicyclic amines) is 1. The van der Waals surface area contributed by atoms with E-state index >= 15 is 0 Å². The van der Waals surface area contributed by atoms with E-state index in [2.05, 4.69) is 0 Å². The number of hydrogen-bond donors (Lipinski definition) is 1. The van der Waals surface area contributed by atoms with Gasteiger partial charge in [0.2, 0.25) is 0 Å². The molecule has 6 heteroatoms. The van der Waals surface area contributed by atoms with E-state index in [1.807, 2.05) is 0 Å². The van der Waals surface area contributed by atoms with Gasteiger partial charge in [-0.1, -0.05) is 6.07 Å². The fraction of sp³-hybridized carbons (Fsp3) is 0.438. The number of carbonyl (C=O) groups excluding carboxylic acids is 2. The van der Waals surface area contributed by atoms with Crippen LogP contribution in [0.3, 0.4) is 0 Å². The second kappa shape index (κ2) is 5.79. The van der Waals surface area contributed by atoms with Gasteiger partial charge >= 0.3 is 5.97 Å². The highest BCUT2D eigenvalue weighted by Crippen LogP contribution is 2.31. The summed E-state index contributed by atoms with van der Waals surface area (Å²) in [7, 11) is 3.30. The van der Waals surface area contributed by atoms with Crippen molar-refractivity contribution in [2.45, 2.75) is 13.3 Å². The maximum absolute atomic E-state index is 12.5. The predicted molar refractivity (Wildman–Crippen MR) is 80.7 cm³/mol. The predicted octanol–water partition coefficient (Wildman–Crippen LogP) is 1.33. The molecule has 2 amide bonds. The van der Waals surface area contributed by atoms with Crippen molar-refractivity contribution in [3.63, 3.8) is 0 Å². The van der Waals surface area contributed by atoms with Crippen molar-refractivity contribution >= 4 is 17.8 Å². The fourth-order valence-corrected chi connectivity index (χ4v) is 2.54.